The number of fused-ring (bicyclic) bond motifs is 3. The first-order valence-corrected chi connectivity index (χ1v) is 11.5. The first-order chi connectivity index (χ1) is 14.3. The Bertz CT molecular complexity index is 1200. The van der Waals surface area contributed by atoms with Crippen molar-refractivity contribution in [3.05, 3.63) is 59.0 Å². The third-order valence-electron chi connectivity index (χ3n) is 5.50. The molecule has 0 unspecified atom stereocenters. The molecule has 0 bridgehead atoms. The van der Waals surface area contributed by atoms with Gasteiger partial charge in [0.05, 0.1) is 16.3 Å². The number of aromatic nitrogens is 3. The molecule has 0 fully saturated rings. The van der Waals surface area contributed by atoms with Crippen molar-refractivity contribution >= 4 is 21.6 Å². The van der Waals surface area contributed by atoms with Crippen LogP contribution in [-0.2, 0) is 23.0 Å². The molecule has 0 radical (unpaired) electrons. The van der Waals surface area contributed by atoms with E-state index in [2.05, 4.69) is 10.1 Å². The fourth-order valence-electron chi connectivity index (χ4n) is 3.89. The van der Waals surface area contributed by atoms with Crippen LogP contribution in [0.2, 0.25) is 0 Å². The Morgan fingerprint density at radius 1 is 1.17 bits per heavy atom. The van der Waals surface area contributed by atoms with Crippen LogP contribution in [0.25, 0.3) is 5.65 Å². The van der Waals surface area contributed by atoms with Crippen molar-refractivity contribution in [2.75, 3.05) is 19.6 Å². The number of sulfonamides is 1. The van der Waals surface area contributed by atoms with Crippen LogP contribution in [0.5, 0.6) is 0 Å². The van der Waals surface area contributed by atoms with Gasteiger partial charge >= 0.3 is 0 Å². The molecule has 158 valence electrons. The van der Waals surface area contributed by atoms with E-state index < -0.39 is 10.0 Å². The van der Waals surface area contributed by atoms with Crippen molar-refractivity contribution < 1.29 is 13.2 Å². The van der Waals surface area contributed by atoms with Crippen LogP contribution in [-0.4, -0.2) is 57.8 Å². The first kappa shape index (κ1) is 20.5. The number of aryl methyl sites for hydroxylation is 1. The molecule has 1 aliphatic heterocycles. The summed E-state index contributed by atoms with van der Waals surface area (Å²) in [5, 5.41) is 4.51. The summed E-state index contributed by atoms with van der Waals surface area (Å²) in [6.07, 6.45) is 2.50. The van der Waals surface area contributed by atoms with E-state index >= 15 is 0 Å². The highest BCUT2D eigenvalue weighted by molar-refractivity contribution is 7.89. The van der Waals surface area contributed by atoms with Gasteiger partial charge in [-0.05, 0) is 31.2 Å². The number of carbonyl (C=O) groups is 1. The topological polar surface area (TPSA) is 87.9 Å². The fraction of sp³-hybridized carbons (Fsp3) is 0.381. The minimum Gasteiger partial charge on any atom is -0.334 e. The second kappa shape index (κ2) is 7.81. The lowest BCUT2D eigenvalue weighted by atomic mass is 10.1. The second-order valence-corrected chi connectivity index (χ2v) is 9.31. The standard InChI is InChI=1S/C21H25N5O3S/c1-4-25(5-2)30(28,29)18-8-6-16(7-9-18)21(27)24-11-10-19-17(14-24)13-22-20-12-15(3)23-26(19)20/h6-9,12-13H,4-5,10-11,14H2,1-3H3. The summed E-state index contributed by atoms with van der Waals surface area (Å²) >= 11 is 0. The van der Waals surface area contributed by atoms with Gasteiger partial charge in [-0.3, -0.25) is 4.79 Å². The van der Waals surface area contributed by atoms with Crippen LogP contribution in [0.1, 0.15) is 41.2 Å². The van der Waals surface area contributed by atoms with Gasteiger partial charge in [-0.25, -0.2) is 17.9 Å². The Morgan fingerprint density at radius 2 is 1.87 bits per heavy atom. The van der Waals surface area contributed by atoms with Gasteiger partial charge < -0.3 is 4.90 Å². The van der Waals surface area contributed by atoms with E-state index in [1.807, 2.05) is 23.7 Å². The van der Waals surface area contributed by atoms with Gasteiger partial charge in [-0.1, -0.05) is 13.8 Å². The zero-order chi connectivity index (χ0) is 21.5. The lowest BCUT2D eigenvalue weighted by Crippen LogP contribution is -2.37. The van der Waals surface area contributed by atoms with Crippen LogP contribution in [0, 0.1) is 6.92 Å². The third-order valence-corrected chi connectivity index (χ3v) is 7.57. The fourth-order valence-corrected chi connectivity index (χ4v) is 5.35. The van der Waals surface area contributed by atoms with E-state index in [9.17, 15) is 13.2 Å². The summed E-state index contributed by atoms with van der Waals surface area (Å²) in [6, 6.07) is 8.14. The molecule has 0 atom stereocenters. The van der Waals surface area contributed by atoms with E-state index in [4.69, 9.17) is 0 Å². The van der Waals surface area contributed by atoms with Crippen molar-refractivity contribution in [1.29, 1.82) is 0 Å². The Hall–Kier alpha value is -2.78. The lowest BCUT2D eigenvalue weighted by molar-refractivity contribution is 0.0732. The number of nitrogens with zero attached hydrogens (tertiary/aromatic N) is 5. The highest BCUT2D eigenvalue weighted by Gasteiger charge is 2.26. The molecular formula is C21H25N5O3S. The summed E-state index contributed by atoms with van der Waals surface area (Å²) in [4.78, 5) is 19.4. The molecule has 2 aromatic heterocycles. The lowest BCUT2D eigenvalue weighted by Gasteiger charge is -2.29. The van der Waals surface area contributed by atoms with Crippen LogP contribution in [0.3, 0.4) is 0 Å². The number of rotatable bonds is 5. The monoisotopic (exact) mass is 427 g/mol. The smallest absolute Gasteiger partial charge is 0.254 e. The predicted octanol–water partition coefficient (Wildman–Crippen LogP) is 2.27. The van der Waals surface area contributed by atoms with Crippen molar-refractivity contribution in [3.8, 4) is 0 Å². The molecule has 30 heavy (non-hydrogen) atoms. The molecule has 1 aromatic carbocycles. The number of benzene rings is 1. The number of amides is 1. The van der Waals surface area contributed by atoms with Crippen LogP contribution in [0.4, 0.5) is 0 Å². The van der Waals surface area contributed by atoms with Crippen LogP contribution < -0.4 is 0 Å². The molecule has 1 aliphatic rings. The average molecular weight is 428 g/mol. The van der Waals surface area contributed by atoms with Gasteiger partial charge in [0.1, 0.15) is 0 Å². The van der Waals surface area contributed by atoms with Crippen molar-refractivity contribution in [1.82, 2.24) is 23.8 Å². The molecule has 0 N–H and O–H groups in total. The van der Waals surface area contributed by atoms with Crippen LogP contribution in [0.15, 0.2) is 41.4 Å². The van der Waals surface area contributed by atoms with Gasteiger partial charge in [-0.2, -0.15) is 9.40 Å². The highest BCUT2D eigenvalue weighted by atomic mass is 32.2. The quantitative estimate of drug-likeness (QED) is 0.623. The first-order valence-electron chi connectivity index (χ1n) is 10.1. The van der Waals surface area contributed by atoms with Gasteiger partial charge in [0.2, 0.25) is 10.0 Å². The Morgan fingerprint density at radius 3 is 2.53 bits per heavy atom. The second-order valence-electron chi connectivity index (χ2n) is 7.38. The van der Waals surface area contributed by atoms with Crippen molar-refractivity contribution in [2.24, 2.45) is 0 Å². The molecule has 1 amide bonds. The highest BCUT2D eigenvalue weighted by Crippen LogP contribution is 2.22. The molecule has 0 aliphatic carbocycles. The molecule has 9 heteroatoms. The van der Waals surface area contributed by atoms with Crippen molar-refractivity contribution in [2.45, 2.75) is 38.6 Å². The molecule has 0 saturated heterocycles. The molecule has 3 heterocycles. The normalized spacial score (nSPS) is 14.3. The Kier molecular flexibility index (Phi) is 5.33. The Balaban J connectivity index is 1.55. The summed E-state index contributed by atoms with van der Waals surface area (Å²) in [5.41, 5.74) is 4.26. The zero-order valence-electron chi connectivity index (χ0n) is 17.4. The minimum absolute atomic E-state index is 0.121. The van der Waals surface area contributed by atoms with E-state index in [1.54, 1.807) is 30.9 Å². The summed E-state index contributed by atoms with van der Waals surface area (Å²) in [6.45, 7) is 7.39. The average Bonchev–Trinajstić information content (AvgIpc) is 3.14. The predicted molar refractivity (Wildman–Crippen MR) is 113 cm³/mol. The van der Waals surface area contributed by atoms with Crippen LogP contribution >= 0.6 is 0 Å². The number of hydrogen-bond acceptors (Lipinski definition) is 5. The summed E-state index contributed by atoms with van der Waals surface area (Å²) in [7, 11) is -3.54. The molecule has 0 saturated carbocycles. The van der Waals surface area contributed by atoms with E-state index in [0.29, 0.717) is 38.2 Å². The van der Waals surface area contributed by atoms with Gasteiger partial charge in [0.25, 0.3) is 5.91 Å². The summed E-state index contributed by atoms with van der Waals surface area (Å²) in [5.74, 6) is -0.121. The molecule has 4 rings (SSSR count). The maximum absolute atomic E-state index is 13.0. The Labute approximate surface area is 176 Å². The maximum atomic E-state index is 13.0. The van der Waals surface area contributed by atoms with Gasteiger partial charge in [0.15, 0.2) is 5.65 Å². The molecule has 3 aromatic rings. The largest absolute Gasteiger partial charge is 0.334 e. The van der Waals surface area contributed by atoms with E-state index in [-0.39, 0.29) is 10.8 Å². The molecule has 8 nitrogen and oxygen atoms in total. The summed E-state index contributed by atoms with van der Waals surface area (Å²) < 4.78 is 28.5. The van der Waals surface area contributed by atoms with Gasteiger partial charge in [0, 0.05) is 56.0 Å². The molecular weight excluding hydrogens is 402 g/mol. The maximum Gasteiger partial charge on any atom is 0.254 e. The number of carbonyl (C=O) groups excluding carboxylic acids is 1. The van der Waals surface area contributed by atoms with E-state index in [0.717, 1.165) is 22.6 Å². The van der Waals surface area contributed by atoms with Crippen molar-refractivity contribution in [3.63, 3.8) is 0 Å². The zero-order valence-corrected chi connectivity index (χ0v) is 18.2. The van der Waals surface area contributed by atoms with E-state index in [1.165, 1.54) is 16.4 Å². The van der Waals surface area contributed by atoms with Gasteiger partial charge in [-0.15, -0.1) is 0 Å². The molecule has 0 spiro atoms. The number of hydrogen-bond donors (Lipinski definition) is 0. The SMILES string of the molecule is CCN(CC)S(=O)(=O)c1ccc(C(=O)N2CCc3c(cnc4cc(C)nn34)C2)cc1. The third kappa shape index (κ3) is 3.48. The minimum atomic E-state index is -3.54.